The number of fused-ring (bicyclic) bond motifs is 1. The van der Waals surface area contributed by atoms with Crippen molar-refractivity contribution in [2.75, 3.05) is 5.32 Å². The predicted octanol–water partition coefficient (Wildman–Crippen LogP) is 3.45. The van der Waals surface area contributed by atoms with Crippen molar-refractivity contribution >= 4 is 22.6 Å². The van der Waals surface area contributed by atoms with Crippen LogP contribution in [0.4, 0.5) is 5.69 Å². The summed E-state index contributed by atoms with van der Waals surface area (Å²) in [6.45, 7) is 0. The van der Waals surface area contributed by atoms with Gasteiger partial charge in [0.2, 0.25) is 5.91 Å². The fourth-order valence-electron chi connectivity index (χ4n) is 6.30. The Hall–Kier alpha value is -2.14. The first-order valence-electron chi connectivity index (χ1n) is 9.47. The zero-order valence-corrected chi connectivity index (χ0v) is 14.7. The van der Waals surface area contributed by atoms with Gasteiger partial charge in [-0.25, -0.2) is 4.79 Å². The van der Waals surface area contributed by atoms with Gasteiger partial charge in [0.25, 0.3) is 0 Å². The van der Waals surface area contributed by atoms with Crippen molar-refractivity contribution in [3.63, 3.8) is 0 Å². The molecule has 1 heterocycles. The van der Waals surface area contributed by atoms with Crippen LogP contribution in [0.3, 0.4) is 0 Å². The fourth-order valence-corrected chi connectivity index (χ4v) is 6.30. The maximum Gasteiger partial charge on any atom is 0.336 e. The maximum atomic E-state index is 12.7. The van der Waals surface area contributed by atoms with E-state index in [9.17, 15) is 14.7 Å². The van der Waals surface area contributed by atoms with Gasteiger partial charge in [-0.1, -0.05) is 0 Å². The molecule has 6 rings (SSSR count). The number of carbonyl (C=O) groups is 1. The highest BCUT2D eigenvalue weighted by Gasteiger charge is 2.57. The van der Waals surface area contributed by atoms with Crippen LogP contribution in [0.1, 0.15) is 44.9 Å². The number of hydrogen-bond acceptors (Lipinski definition) is 4. The number of nitrogens with one attached hydrogen (secondary N) is 1. The lowest BCUT2D eigenvalue weighted by molar-refractivity contribution is -0.167. The highest BCUT2D eigenvalue weighted by atomic mass is 16.4. The summed E-state index contributed by atoms with van der Waals surface area (Å²) in [5.41, 5.74) is 0.268. The van der Waals surface area contributed by atoms with Crippen molar-refractivity contribution in [3.8, 4) is 0 Å². The third-order valence-electron chi connectivity index (χ3n) is 6.59. The minimum Gasteiger partial charge on any atom is -0.423 e. The second kappa shape index (κ2) is 5.43. The summed E-state index contributed by atoms with van der Waals surface area (Å²) in [6, 6.07) is 8.37. The van der Waals surface area contributed by atoms with Crippen LogP contribution in [-0.2, 0) is 4.79 Å². The quantitative estimate of drug-likeness (QED) is 0.828. The molecule has 4 saturated carbocycles. The van der Waals surface area contributed by atoms with E-state index in [2.05, 4.69) is 5.32 Å². The maximum absolute atomic E-state index is 12.7. The van der Waals surface area contributed by atoms with Gasteiger partial charge in [0.05, 0.1) is 5.60 Å². The van der Waals surface area contributed by atoms with Gasteiger partial charge < -0.3 is 14.8 Å². The first-order valence-corrected chi connectivity index (χ1v) is 9.47. The molecule has 2 aromatic rings. The largest absolute Gasteiger partial charge is 0.423 e. The molecule has 5 heteroatoms. The van der Waals surface area contributed by atoms with E-state index in [1.807, 2.05) is 6.07 Å². The molecule has 1 amide bonds. The van der Waals surface area contributed by atoms with E-state index in [1.165, 1.54) is 12.5 Å². The lowest BCUT2D eigenvalue weighted by atomic mass is 9.47. The molecule has 0 saturated heterocycles. The van der Waals surface area contributed by atoms with E-state index in [4.69, 9.17) is 4.42 Å². The molecule has 136 valence electrons. The van der Waals surface area contributed by atoms with Gasteiger partial charge in [-0.3, -0.25) is 4.79 Å². The van der Waals surface area contributed by atoms with Crippen LogP contribution in [0.2, 0.25) is 0 Å². The molecule has 1 aromatic carbocycles. The molecule has 1 aromatic heterocycles. The molecular formula is C21H23NO4. The van der Waals surface area contributed by atoms with Gasteiger partial charge in [0.15, 0.2) is 0 Å². The average Bonchev–Trinajstić information content (AvgIpc) is 2.52. The van der Waals surface area contributed by atoms with Crippen molar-refractivity contribution in [2.45, 2.75) is 50.5 Å². The van der Waals surface area contributed by atoms with Gasteiger partial charge in [-0.15, -0.1) is 0 Å². The Bertz CT molecular complexity index is 932. The Kier molecular flexibility index (Phi) is 3.35. The molecule has 0 unspecified atom stereocenters. The summed E-state index contributed by atoms with van der Waals surface area (Å²) in [4.78, 5) is 24.0. The number of carbonyl (C=O) groups excluding carboxylic acids is 1. The van der Waals surface area contributed by atoms with E-state index < -0.39 is 5.60 Å². The number of benzene rings is 1. The van der Waals surface area contributed by atoms with E-state index in [-0.39, 0.29) is 16.9 Å². The number of rotatable bonds is 3. The second-order valence-electron chi connectivity index (χ2n) is 8.92. The zero-order valence-electron chi connectivity index (χ0n) is 14.7. The van der Waals surface area contributed by atoms with Gasteiger partial charge >= 0.3 is 5.63 Å². The van der Waals surface area contributed by atoms with Gasteiger partial charge in [-0.05, 0) is 80.0 Å². The molecule has 2 N–H and O–H groups in total. The van der Waals surface area contributed by atoms with Crippen molar-refractivity contribution in [1.82, 2.24) is 0 Å². The van der Waals surface area contributed by atoms with Crippen molar-refractivity contribution < 1.29 is 14.3 Å². The normalized spacial score (nSPS) is 35.0. The highest BCUT2D eigenvalue weighted by molar-refractivity contribution is 5.93. The van der Waals surface area contributed by atoms with Crippen LogP contribution in [-0.4, -0.2) is 16.6 Å². The lowest BCUT2D eigenvalue weighted by Gasteiger charge is -2.60. The van der Waals surface area contributed by atoms with Crippen molar-refractivity contribution in [2.24, 2.45) is 17.3 Å². The number of hydrogen-bond donors (Lipinski definition) is 2. The standard InChI is InChI=1S/C21H23NO4/c23-18(22-16-2-3-17-15(6-16)1-4-19(24)26-17)11-20-7-13-5-14(8-20)10-21(25,9-13)12-20/h1-4,6,13-14,25H,5,7-12H2,(H,22,23)/t13-,14-,20?,21?/m1/s1. The Labute approximate surface area is 151 Å². The molecule has 0 spiro atoms. The summed E-state index contributed by atoms with van der Waals surface area (Å²) < 4.78 is 5.13. The van der Waals surface area contributed by atoms with Crippen LogP contribution in [0.5, 0.6) is 0 Å². The molecule has 4 bridgehead atoms. The molecule has 4 fully saturated rings. The van der Waals surface area contributed by atoms with Gasteiger partial charge in [0.1, 0.15) is 5.58 Å². The van der Waals surface area contributed by atoms with Gasteiger partial charge in [0, 0.05) is 23.6 Å². The van der Waals surface area contributed by atoms with E-state index in [1.54, 1.807) is 18.2 Å². The molecule has 0 aliphatic heterocycles. The number of amides is 1. The molecule has 26 heavy (non-hydrogen) atoms. The second-order valence-corrected chi connectivity index (χ2v) is 8.92. The Balaban J connectivity index is 1.33. The van der Waals surface area contributed by atoms with Crippen LogP contribution in [0.15, 0.2) is 39.5 Å². The number of aliphatic hydroxyl groups is 1. The van der Waals surface area contributed by atoms with E-state index in [0.29, 0.717) is 29.5 Å². The molecule has 2 atom stereocenters. The van der Waals surface area contributed by atoms with Crippen LogP contribution >= 0.6 is 0 Å². The molecule has 4 aliphatic rings. The summed E-state index contributed by atoms with van der Waals surface area (Å²) in [5, 5.41) is 14.6. The topological polar surface area (TPSA) is 79.5 Å². The third-order valence-corrected chi connectivity index (χ3v) is 6.59. The van der Waals surface area contributed by atoms with E-state index in [0.717, 1.165) is 37.5 Å². The monoisotopic (exact) mass is 353 g/mol. The number of anilines is 1. The third kappa shape index (κ3) is 2.75. The molecule has 5 nitrogen and oxygen atoms in total. The summed E-state index contributed by atoms with van der Waals surface area (Å²) in [6.07, 6.45) is 6.45. The Morgan fingerprint density at radius 1 is 1.15 bits per heavy atom. The Morgan fingerprint density at radius 2 is 1.92 bits per heavy atom. The SMILES string of the molecule is O=C(CC12C[C@H]3C[C@@H](CC(O)(C3)C1)C2)Nc1ccc2oc(=O)ccc2c1. The first kappa shape index (κ1) is 16.1. The lowest BCUT2D eigenvalue weighted by Crippen LogP contribution is -2.56. The molecule has 0 radical (unpaired) electrons. The smallest absolute Gasteiger partial charge is 0.336 e. The fraction of sp³-hybridized carbons (Fsp3) is 0.524. The zero-order chi connectivity index (χ0) is 17.9. The highest BCUT2D eigenvalue weighted by Crippen LogP contribution is 2.62. The minimum atomic E-state index is -0.537. The Morgan fingerprint density at radius 3 is 2.65 bits per heavy atom. The van der Waals surface area contributed by atoms with Crippen molar-refractivity contribution in [1.29, 1.82) is 0 Å². The van der Waals surface area contributed by atoms with Crippen LogP contribution in [0.25, 0.3) is 11.0 Å². The first-order chi connectivity index (χ1) is 12.4. The van der Waals surface area contributed by atoms with Crippen LogP contribution in [0, 0.1) is 17.3 Å². The van der Waals surface area contributed by atoms with Crippen molar-refractivity contribution in [3.05, 3.63) is 40.8 Å². The van der Waals surface area contributed by atoms with E-state index >= 15 is 0 Å². The predicted molar refractivity (Wildman–Crippen MR) is 97.8 cm³/mol. The average molecular weight is 353 g/mol. The summed E-state index contributed by atoms with van der Waals surface area (Å²) in [5.74, 6) is 1.17. The molecule has 4 aliphatic carbocycles. The minimum absolute atomic E-state index is 0.00674. The summed E-state index contributed by atoms with van der Waals surface area (Å²) in [7, 11) is 0. The van der Waals surface area contributed by atoms with Gasteiger partial charge in [-0.2, -0.15) is 0 Å². The summed E-state index contributed by atoms with van der Waals surface area (Å²) >= 11 is 0. The van der Waals surface area contributed by atoms with Crippen LogP contribution < -0.4 is 10.9 Å². The molecular weight excluding hydrogens is 330 g/mol.